The Balaban J connectivity index is 2.44. The molecular formula is C17H22N2O5. The van der Waals surface area contributed by atoms with Gasteiger partial charge in [-0.1, -0.05) is 19.8 Å². The number of aromatic nitrogens is 1. The van der Waals surface area contributed by atoms with Crippen LogP contribution in [0.3, 0.4) is 0 Å². The summed E-state index contributed by atoms with van der Waals surface area (Å²) < 4.78 is 10.4. The number of benzene rings is 1. The molecule has 3 N–H and O–H groups in total. The monoisotopic (exact) mass is 334 g/mol. The molecule has 7 nitrogen and oxygen atoms in total. The van der Waals surface area contributed by atoms with Crippen molar-refractivity contribution in [3.05, 3.63) is 28.0 Å². The Bertz CT molecular complexity index is 798. The Morgan fingerprint density at radius 1 is 1.21 bits per heavy atom. The Hall–Kier alpha value is -2.70. The van der Waals surface area contributed by atoms with Gasteiger partial charge in [0.15, 0.2) is 11.5 Å². The smallest absolute Gasteiger partial charge is 0.265 e. The summed E-state index contributed by atoms with van der Waals surface area (Å²) in [4.78, 5) is 27.0. The topological polar surface area (TPSA) is 101 Å². The lowest BCUT2D eigenvalue weighted by atomic mass is 10.1. The fraction of sp³-hybridized carbons (Fsp3) is 0.412. The van der Waals surface area contributed by atoms with Crippen LogP contribution in [0, 0.1) is 0 Å². The van der Waals surface area contributed by atoms with E-state index in [1.807, 2.05) is 0 Å². The Morgan fingerprint density at radius 3 is 2.50 bits per heavy atom. The van der Waals surface area contributed by atoms with Gasteiger partial charge in [-0.3, -0.25) is 9.59 Å². The van der Waals surface area contributed by atoms with Crippen molar-refractivity contribution in [1.82, 2.24) is 10.3 Å². The number of rotatable bonds is 7. The summed E-state index contributed by atoms with van der Waals surface area (Å²) in [5, 5.41) is 13.4. The third-order valence-electron chi connectivity index (χ3n) is 3.78. The number of methoxy groups -OCH3 is 2. The van der Waals surface area contributed by atoms with Crippen molar-refractivity contribution >= 4 is 16.8 Å². The summed E-state index contributed by atoms with van der Waals surface area (Å²) in [5.41, 5.74) is -0.593. The number of fused-ring (bicyclic) bond motifs is 1. The third kappa shape index (κ3) is 3.45. The number of H-pyrrole nitrogens is 1. The fourth-order valence-corrected chi connectivity index (χ4v) is 2.48. The van der Waals surface area contributed by atoms with Gasteiger partial charge in [-0.2, -0.15) is 0 Å². The second-order valence-electron chi connectivity index (χ2n) is 5.39. The van der Waals surface area contributed by atoms with E-state index < -0.39 is 11.5 Å². The Morgan fingerprint density at radius 2 is 1.88 bits per heavy atom. The fourth-order valence-electron chi connectivity index (χ4n) is 2.48. The number of aromatic amines is 1. The summed E-state index contributed by atoms with van der Waals surface area (Å²) in [6.07, 6.45) is 2.83. The lowest BCUT2D eigenvalue weighted by Crippen LogP contribution is -2.30. The van der Waals surface area contributed by atoms with E-state index in [2.05, 4.69) is 17.2 Å². The molecule has 0 aliphatic rings. The molecular weight excluding hydrogens is 312 g/mol. The normalized spacial score (nSPS) is 10.6. The molecule has 0 atom stereocenters. The van der Waals surface area contributed by atoms with Crippen LogP contribution in [-0.2, 0) is 0 Å². The lowest BCUT2D eigenvalue weighted by Gasteiger charge is -2.12. The average molecular weight is 334 g/mol. The van der Waals surface area contributed by atoms with Crippen LogP contribution in [0.15, 0.2) is 16.9 Å². The van der Waals surface area contributed by atoms with Crippen LogP contribution in [0.25, 0.3) is 10.9 Å². The van der Waals surface area contributed by atoms with Crippen LogP contribution in [0.1, 0.15) is 36.5 Å². The van der Waals surface area contributed by atoms with Gasteiger partial charge in [-0.05, 0) is 12.5 Å². The summed E-state index contributed by atoms with van der Waals surface area (Å²) in [6, 6.07) is 3.06. The molecule has 0 aliphatic carbocycles. The number of aromatic hydroxyl groups is 1. The minimum atomic E-state index is -0.653. The van der Waals surface area contributed by atoms with E-state index >= 15 is 0 Å². The number of amides is 1. The van der Waals surface area contributed by atoms with Crippen molar-refractivity contribution in [3.63, 3.8) is 0 Å². The van der Waals surface area contributed by atoms with Gasteiger partial charge >= 0.3 is 0 Å². The molecule has 2 aromatic rings. The van der Waals surface area contributed by atoms with E-state index in [1.165, 1.54) is 26.4 Å². The van der Waals surface area contributed by atoms with Crippen molar-refractivity contribution in [2.45, 2.75) is 26.2 Å². The van der Waals surface area contributed by atoms with Crippen LogP contribution in [0.2, 0.25) is 0 Å². The van der Waals surface area contributed by atoms with Crippen LogP contribution >= 0.6 is 0 Å². The van der Waals surface area contributed by atoms with Crippen molar-refractivity contribution < 1.29 is 19.4 Å². The highest BCUT2D eigenvalue weighted by atomic mass is 16.5. The molecule has 1 heterocycles. The van der Waals surface area contributed by atoms with Crippen LogP contribution in [0.5, 0.6) is 17.2 Å². The van der Waals surface area contributed by atoms with Crippen LogP contribution < -0.4 is 20.3 Å². The van der Waals surface area contributed by atoms with E-state index in [4.69, 9.17) is 9.47 Å². The molecule has 1 aromatic carbocycles. The molecule has 130 valence electrons. The predicted octanol–water partition coefficient (Wildman–Crippen LogP) is 2.17. The molecule has 0 saturated heterocycles. The zero-order valence-electron chi connectivity index (χ0n) is 14.1. The van der Waals surface area contributed by atoms with Crippen molar-refractivity contribution in [2.24, 2.45) is 0 Å². The molecule has 24 heavy (non-hydrogen) atoms. The molecule has 2 rings (SSSR count). The number of carbonyl (C=O) groups excluding carboxylic acids is 1. The van der Waals surface area contributed by atoms with Gasteiger partial charge in [-0.25, -0.2) is 0 Å². The first-order chi connectivity index (χ1) is 11.5. The Labute approximate surface area is 139 Å². The van der Waals surface area contributed by atoms with Gasteiger partial charge < -0.3 is 24.9 Å². The molecule has 0 fully saturated rings. The first-order valence-electron chi connectivity index (χ1n) is 7.82. The number of hydrogen-bond acceptors (Lipinski definition) is 5. The van der Waals surface area contributed by atoms with Crippen molar-refractivity contribution in [3.8, 4) is 17.2 Å². The highest BCUT2D eigenvalue weighted by Crippen LogP contribution is 2.35. The second-order valence-corrected chi connectivity index (χ2v) is 5.39. The molecule has 0 bridgehead atoms. The van der Waals surface area contributed by atoms with Crippen molar-refractivity contribution in [1.29, 1.82) is 0 Å². The van der Waals surface area contributed by atoms with Gasteiger partial charge in [0.1, 0.15) is 11.3 Å². The zero-order valence-corrected chi connectivity index (χ0v) is 14.1. The molecule has 0 aliphatic heterocycles. The number of pyridine rings is 1. The largest absolute Gasteiger partial charge is 0.506 e. The third-order valence-corrected chi connectivity index (χ3v) is 3.78. The molecule has 1 aromatic heterocycles. The first kappa shape index (κ1) is 17.7. The number of ether oxygens (including phenoxy) is 2. The molecule has 7 heteroatoms. The summed E-state index contributed by atoms with van der Waals surface area (Å²) >= 11 is 0. The van der Waals surface area contributed by atoms with E-state index in [-0.39, 0.29) is 11.3 Å². The van der Waals surface area contributed by atoms with Gasteiger partial charge in [0, 0.05) is 18.0 Å². The SMILES string of the molecule is CCCCCNC(=O)c1c(O)c2cc(OC)c(OC)cc2[nH]c1=O. The standard InChI is InChI=1S/C17H22N2O5/c1-4-5-6-7-18-16(21)14-15(20)10-8-12(23-2)13(24-3)9-11(10)19-17(14)22/h8-9H,4-7H2,1-3H3,(H,18,21)(H2,19,20,22). The van der Waals surface area contributed by atoms with E-state index in [0.717, 1.165) is 19.3 Å². The quantitative estimate of drug-likeness (QED) is 0.674. The lowest BCUT2D eigenvalue weighted by molar-refractivity contribution is 0.0949. The maximum absolute atomic E-state index is 12.2. The number of nitrogens with one attached hydrogen (secondary N) is 2. The van der Waals surface area contributed by atoms with Gasteiger partial charge in [0.2, 0.25) is 0 Å². The van der Waals surface area contributed by atoms with E-state index in [9.17, 15) is 14.7 Å². The van der Waals surface area contributed by atoms with Gasteiger partial charge in [0.05, 0.1) is 19.7 Å². The minimum Gasteiger partial charge on any atom is -0.506 e. The highest BCUT2D eigenvalue weighted by Gasteiger charge is 2.20. The Kier molecular flexibility index (Phi) is 5.68. The number of unbranched alkanes of at least 4 members (excludes halogenated alkanes) is 2. The highest BCUT2D eigenvalue weighted by molar-refractivity contribution is 6.02. The average Bonchev–Trinajstić information content (AvgIpc) is 2.57. The zero-order chi connectivity index (χ0) is 17.7. The summed E-state index contributed by atoms with van der Waals surface area (Å²) in [5.74, 6) is -0.164. The number of hydrogen-bond donors (Lipinski definition) is 3. The molecule has 1 amide bonds. The first-order valence-corrected chi connectivity index (χ1v) is 7.82. The summed E-state index contributed by atoms with van der Waals surface area (Å²) in [7, 11) is 2.94. The summed E-state index contributed by atoms with van der Waals surface area (Å²) in [6.45, 7) is 2.51. The molecule has 0 unspecified atom stereocenters. The maximum atomic E-state index is 12.2. The molecule has 0 saturated carbocycles. The minimum absolute atomic E-state index is 0.300. The molecule has 0 radical (unpaired) electrons. The second kappa shape index (κ2) is 7.72. The van der Waals surface area contributed by atoms with Crippen LogP contribution in [-0.4, -0.2) is 36.8 Å². The molecule has 0 spiro atoms. The van der Waals surface area contributed by atoms with Crippen LogP contribution in [0.4, 0.5) is 0 Å². The van der Waals surface area contributed by atoms with E-state index in [1.54, 1.807) is 0 Å². The number of carbonyl (C=O) groups is 1. The van der Waals surface area contributed by atoms with E-state index in [0.29, 0.717) is 28.9 Å². The van der Waals surface area contributed by atoms with Gasteiger partial charge in [0.25, 0.3) is 11.5 Å². The predicted molar refractivity (Wildman–Crippen MR) is 91.2 cm³/mol. The maximum Gasteiger partial charge on any atom is 0.265 e. The van der Waals surface area contributed by atoms with Crippen molar-refractivity contribution in [2.75, 3.05) is 20.8 Å². The van der Waals surface area contributed by atoms with Gasteiger partial charge in [-0.15, -0.1) is 0 Å².